The lowest BCUT2D eigenvalue weighted by molar-refractivity contribution is 0.0904. The van der Waals surface area contributed by atoms with Crippen molar-refractivity contribution in [3.8, 4) is 28.7 Å². The standard InChI is InChI=1S/C21H25NO5.ClH/c1(5-11-23-16-8-9-19-21(12-16)26-15-25-19)4-10-22-13-17-14-24-18-6-2-3-7-20(18)27-17;/h2-3,6-9,12,17,22H,1,4-5,10-11,13-15H2;1H. The van der Waals surface area contributed by atoms with Crippen molar-refractivity contribution in [2.45, 2.75) is 25.4 Å². The minimum absolute atomic E-state index is 0. The normalized spacial score (nSPS) is 16.4. The highest BCUT2D eigenvalue weighted by Crippen LogP contribution is 2.35. The number of rotatable bonds is 9. The molecule has 1 unspecified atom stereocenters. The molecular weight excluding hydrogens is 382 g/mol. The van der Waals surface area contributed by atoms with Crippen LogP contribution in [0.15, 0.2) is 42.5 Å². The Kier molecular flexibility index (Phi) is 7.51. The van der Waals surface area contributed by atoms with Gasteiger partial charge < -0.3 is 29.0 Å². The van der Waals surface area contributed by atoms with Crippen molar-refractivity contribution in [1.29, 1.82) is 0 Å². The molecular formula is C21H26ClNO5. The Labute approximate surface area is 171 Å². The van der Waals surface area contributed by atoms with Crippen LogP contribution in [0.2, 0.25) is 0 Å². The van der Waals surface area contributed by atoms with Gasteiger partial charge in [-0.25, -0.2) is 0 Å². The topological polar surface area (TPSA) is 58.2 Å². The maximum atomic E-state index is 5.93. The first-order chi connectivity index (χ1) is 13.4. The maximum absolute atomic E-state index is 5.93. The van der Waals surface area contributed by atoms with Crippen LogP contribution in [0.25, 0.3) is 0 Å². The summed E-state index contributed by atoms with van der Waals surface area (Å²) in [5.41, 5.74) is 0. The molecule has 2 aliphatic rings. The predicted molar refractivity (Wildman–Crippen MR) is 108 cm³/mol. The van der Waals surface area contributed by atoms with Gasteiger partial charge in [-0.3, -0.25) is 0 Å². The zero-order valence-corrected chi connectivity index (χ0v) is 16.5. The second-order valence-corrected chi connectivity index (χ2v) is 6.63. The molecule has 0 aliphatic carbocycles. The number of hydrogen-bond donors (Lipinski definition) is 1. The van der Waals surface area contributed by atoms with E-state index < -0.39 is 0 Å². The molecule has 4 rings (SSSR count). The maximum Gasteiger partial charge on any atom is 0.231 e. The zero-order chi connectivity index (χ0) is 18.3. The largest absolute Gasteiger partial charge is 0.493 e. The molecule has 28 heavy (non-hydrogen) atoms. The smallest absolute Gasteiger partial charge is 0.231 e. The molecule has 6 nitrogen and oxygen atoms in total. The average Bonchev–Trinajstić information content (AvgIpc) is 3.18. The first-order valence-electron chi connectivity index (χ1n) is 9.50. The quantitative estimate of drug-likeness (QED) is 0.638. The van der Waals surface area contributed by atoms with Gasteiger partial charge in [0.25, 0.3) is 0 Å². The summed E-state index contributed by atoms with van der Waals surface area (Å²) in [5, 5.41) is 3.45. The summed E-state index contributed by atoms with van der Waals surface area (Å²) in [6.07, 6.45) is 3.30. The highest BCUT2D eigenvalue weighted by atomic mass is 35.5. The van der Waals surface area contributed by atoms with Crippen molar-refractivity contribution in [2.75, 3.05) is 33.1 Å². The second kappa shape index (κ2) is 10.3. The first-order valence-corrected chi connectivity index (χ1v) is 9.50. The predicted octanol–water partition coefficient (Wildman–Crippen LogP) is 3.82. The van der Waals surface area contributed by atoms with E-state index >= 15 is 0 Å². The fraction of sp³-hybridized carbons (Fsp3) is 0.429. The van der Waals surface area contributed by atoms with Gasteiger partial charge in [-0.15, -0.1) is 12.4 Å². The van der Waals surface area contributed by atoms with E-state index in [1.54, 1.807) is 0 Å². The van der Waals surface area contributed by atoms with Gasteiger partial charge in [-0.05, 0) is 50.1 Å². The van der Waals surface area contributed by atoms with Gasteiger partial charge in [0, 0.05) is 12.6 Å². The van der Waals surface area contributed by atoms with E-state index in [0.29, 0.717) is 13.2 Å². The van der Waals surface area contributed by atoms with Crippen molar-refractivity contribution >= 4 is 12.4 Å². The van der Waals surface area contributed by atoms with Gasteiger partial charge >= 0.3 is 0 Å². The Bertz CT molecular complexity index is 757. The molecule has 0 bridgehead atoms. The van der Waals surface area contributed by atoms with Gasteiger partial charge in [-0.1, -0.05) is 12.1 Å². The van der Waals surface area contributed by atoms with Crippen LogP contribution in [-0.2, 0) is 0 Å². The van der Waals surface area contributed by atoms with Crippen LogP contribution >= 0.6 is 12.4 Å². The minimum Gasteiger partial charge on any atom is -0.493 e. The first kappa shape index (κ1) is 20.4. The molecule has 0 saturated carbocycles. The van der Waals surface area contributed by atoms with Gasteiger partial charge in [-0.2, -0.15) is 0 Å². The SMILES string of the molecule is Cl.c1ccc2c(c1)OCC(CNCCCCCOc1ccc3c(c1)OCO3)O2. The third-order valence-electron chi connectivity index (χ3n) is 4.55. The van der Waals surface area contributed by atoms with E-state index in [1.807, 2.05) is 42.5 Å². The van der Waals surface area contributed by atoms with Crippen molar-refractivity contribution in [3.05, 3.63) is 42.5 Å². The van der Waals surface area contributed by atoms with Crippen LogP contribution in [-0.4, -0.2) is 39.2 Å². The number of unbranched alkanes of at least 4 members (excludes halogenated alkanes) is 2. The van der Waals surface area contributed by atoms with Gasteiger partial charge in [0.1, 0.15) is 18.5 Å². The summed E-state index contributed by atoms with van der Waals surface area (Å²) < 4.78 is 28.1. The lowest BCUT2D eigenvalue weighted by Crippen LogP contribution is -2.38. The molecule has 1 atom stereocenters. The molecule has 2 aromatic rings. The lowest BCUT2D eigenvalue weighted by Gasteiger charge is -2.26. The fourth-order valence-corrected chi connectivity index (χ4v) is 3.11. The van der Waals surface area contributed by atoms with Gasteiger partial charge in [0.15, 0.2) is 23.0 Å². The molecule has 2 aromatic carbocycles. The van der Waals surface area contributed by atoms with Gasteiger partial charge in [0.2, 0.25) is 6.79 Å². The van der Waals surface area contributed by atoms with Crippen molar-refractivity contribution in [2.24, 2.45) is 0 Å². The summed E-state index contributed by atoms with van der Waals surface area (Å²) in [6, 6.07) is 13.5. The second-order valence-electron chi connectivity index (χ2n) is 6.63. The summed E-state index contributed by atoms with van der Waals surface area (Å²) >= 11 is 0. The van der Waals surface area contributed by atoms with E-state index in [-0.39, 0.29) is 25.3 Å². The molecule has 0 fully saturated rings. The van der Waals surface area contributed by atoms with Crippen LogP contribution in [0.4, 0.5) is 0 Å². The highest BCUT2D eigenvalue weighted by Gasteiger charge is 2.19. The fourth-order valence-electron chi connectivity index (χ4n) is 3.11. The number of halogens is 1. The molecule has 7 heteroatoms. The Morgan fingerprint density at radius 1 is 0.893 bits per heavy atom. The highest BCUT2D eigenvalue weighted by molar-refractivity contribution is 5.85. The molecule has 152 valence electrons. The number of hydrogen-bond acceptors (Lipinski definition) is 6. The number of para-hydroxylation sites is 2. The van der Waals surface area contributed by atoms with E-state index in [9.17, 15) is 0 Å². The average molecular weight is 408 g/mol. The summed E-state index contributed by atoms with van der Waals surface area (Å²) in [5.74, 6) is 4.03. The Hall–Kier alpha value is -2.31. The van der Waals surface area contributed by atoms with Crippen LogP contribution < -0.4 is 29.0 Å². The van der Waals surface area contributed by atoms with E-state index in [1.165, 1.54) is 0 Å². The Morgan fingerprint density at radius 2 is 1.71 bits per heavy atom. The molecule has 2 heterocycles. The number of fused-ring (bicyclic) bond motifs is 2. The van der Waals surface area contributed by atoms with Crippen molar-refractivity contribution in [1.82, 2.24) is 5.32 Å². The summed E-state index contributed by atoms with van der Waals surface area (Å²) in [7, 11) is 0. The van der Waals surface area contributed by atoms with Crippen LogP contribution in [0.1, 0.15) is 19.3 Å². The molecule has 0 spiro atoms. The third kappa shape index (κ3) is 5.36. The molecule has 0 radical (unpaired) electrons. The van der Waals surface area contributed by atoms with Crippen LogP contribution in [0.5, 0.6) is 28.7 Å². The zero-order valence-electron chi connectivity index (χ0n) is 15.7. The lowest BCUT2D eigenvalue weighted by atomic mass is 10.2. The Balaban J connectivity index is 0.00000225. The van der Waals surface area contributed by atoms with Crippen molar-refractivity contribution < 1.29 is 23.7 Å². The number of nitrogens with one attached hydrogen (secondary N) is 1. The number of benzene rings is 2. The van der Waals surface area contributed by atoms with Crippen LogP contribution in [0.3, 0.4) is 0 Å². The summed E-state index contributed by atoms with van der Waals surface area (Å²) in [6.45, 7) is 3.34. The monoisotopic (exact) mass is 407 g/mol. The minimum atomic E-state index is 0. The molecule has 0 saturated heterocycles. The van der Waals surface area contributed by atoms with Crippen LogP contribution in [0, 0.1) is 0 Å². The van der Waals surface area contributed by atoms with Gasteiger partial charge in [0.05, 0.1) is 6.61 Å². The molecule has 0 aromatic heterocycles. The van der Waals surface area contributed by atoms with E-state index in [4.69, 9.17) is 23.7 Å². The van der Waals surface area contributed by atoms with E-state index in [0.717, 1.165) is 61.1 Å². The molecule has 1 N–H and O–H groups in total. The summed E-state index contributed by atoms with van der Waals surface area (Å²) in [4.78, 5) is 0. The van der Waals surface area contributed by atoms with Crippen molar-refractivity contribution in [3.63, 3.8) is 0 Å². The van der Waals surface area contributed by atoms with E-state index in [2.05, 4.69) is 5.32 Å². The third-order valence-corrected chi connectivity index (χ3v) is 4.55. The molecule has 0 amide bonds. The molecule has 2 aliphatic heterocycles. The number of ether oxygens (including phenoxy) is 5. The Morgan fingerprint density at radius 3 is 2.64 bits per heavy atom.